The van der Waals surface area contributed by atoms with Crippen molar-refractivity contribution in [3.63, 3.8) is 0 Å². The molecule has 2 aromatic rings. The van der Waals surface area contributed by atoms with Crippen LogP contribution in [0, 0.1) is 0 Å². The zero-order valence-corrected chi connectivity index (χ0v) is 10.7. The Morgan fingerprint density at radius 3 is 2.74 bits per heavy atom. The van der Waals surface area contributed by atoms with Crippen molar-refractivity contribution in [1.82, 2.24) is 4.98 Å². The first-order chi connectivity index (χ1) is 9.25. The molecule has 1 aromatic heterocycles. The molecule has 4 heteroatoms. The fraction of sp³-hybridized carbons (Fsp3) is 0.200. The van der Waals surface area contributed by atoms with Crippen LogP contribution in [-0.4, -0.2) is 17.0 Å². The molecule has 98 valence electrons. The van der Waals surface area contributed by atoms with E-state index in [0.29, 0.717) is 12.3 Å². The maximum Gasteiger partial charge on any atom is 0.253 e. The fourth-order valence-corrected chi connectivity index (χ4v) is 1.55. The molecule has 1 heterocycles. The van der Waals surface area contributed by atoms with Gasteiger partial charge in [0.05, 0.1) is 18.5 Å². The normalized spacial score (nSPS) is 11.8. The van der Waals surface area contributed by atoms with E-state index in [4.69, 9.17) is 4.74 Å². The molecular formula is C15H16N2O2. The summed E-state index contributed by atoms with van der Waals surface area (Å²) >= 11 is 0. The van der Waals surface area contributed by atoms with Gasteiger partial charge in [-0.15, -0.1) is 0 Å². The lowest BCUT2D eigenvalue weighted by Crippen LogP contribution is -2.27. The molecule has 0 saturated carbocycles. The average Bonchev–Trinajstić information content (AvgIpc) is 2.47. The SMILES string of the molecule is CC(OCc1ccccc1)C(=O)Nc1cccnc1. The van der Waals surface area contributed by atoms with Crippen LogP contribution in [0.15, 0.2) is 54.9 Å². The van der Waals surface area contributed by atoms with Gasteiger partial charge in [-0.1, -0.05) is 30.3 Å². The zero-order valence-electron chi connectivity index (χ0n) is 10.7. The molecule has 0 fully saturated rings. The predicted molar refractivity (Wildman–Crippen MR) is 73.6 cm³/mol. The average molecular weight is 256 g/mol. The predicted octanol–water partition coefficient (Wildman–Crippen LogP) is 2.63. The van der Waals surface area contributed by atoms with Gasteiger partial charge in [0.1, 0.15) is 6.10 Å². The van der Waals surface area contributed by atoms with Gasteiger partial charge in [-0.3, -0.25) is 9.78 Å². The van der Waals surface area contributed by atoms with E-state index in [0.717, 1.165) is 5.56 Å². The molecule has 0 bridgehead atoms. The van der Waals surface area contributed by atoms with Crippen LogP contribution in [0.25, 0.3) is 0 Å². The summed E-state index contributed by atoms with van der Waals surface area (Å²) in [6, 6.07) is 13.3. The van der Waals surface area contributed by atoms with Crippen LogP contribution >= 0.6 is 0 Å². The summed E-state index contributed by atoms with van der Waals surface area (Å²) in [5, 5.41) is 2.75. The highest BCUT2D eigenvalue weighted by Crippen LogP contribution is 2.07. The first-order valence-corrected chi connectivity index (χ1v) is 6.12. The first-order valence-electron chi connectivity index (χ1n) is 6.12. The van der Waals surface area contributed by atoms with E-state index in [1.165, 1.54) is 0 Å². The van der Waals surface area contributed by atoms with Crippen molar-refractivity contribution in [2.75, 3.05) is 5.32 Å². The van der Waals surface area contributed by atoms with Gasteiger partial charge in [0, 0.05) is 6.20 Å². The molecule has 2 rings (SSSR count). The Labute approximate surface area is 112 Å². The van der Waals surface area contributed by atoms with Crippen LogP contribution in [0.1, 0.15) is 12.5 Å². The van der Waals surface area contributed by atoms with E-state index in [2.05, 4.69) is 10.3 Å². The maximum absolute atomic E-state index is 11.9. The van der Waals surface area contributed by atoms with Gasteiger partial charge in [-0.05, 0) is 24.6 Å². The minimum atomic E-state index is -0.514. The molecule has 0 saturated heterocycles. The Hall–Kier alpha value is -2.20. The van der Waals surface area contributed by atoms with E-state index in [1.807, 2.05) is 30.3 Å². The number of hydrogen-bond acceptors (Lipinski definition) is 3. The van der Waals surface area contributed by atoms with E-state index in [-0.39, 0.29) is 5.91 Å². The van der Waals surface area contributed by atoms with Gasteiger partial charge in [0.25, 0.3) is 5.91 Å². The summed E-state index contributed by atoms with van der Waals surface area (Å²) in [4.78, 5) is 15.8. The molecule has 0 radical (unpaired) electrons. The van der Waals surface area contributed by atoms with Crippen LogP contribution in [0.2, 0.25) is 0 Å². The summed E-state index contributed by atoms with van der Waals surface area (Å²) in [5.41, 5.74) is 1.71. The zero-order chi connectivity index (χ0) is 13.5. The molecule has 0 aliphatic rings. The number of hydrogen-bond donors (Lipinski definition) is 1. The summed E-state index contributed by atoms with van der Waals surface area (Å²) in [5.74, 6) is -0.177. The van der Waals surface area contributed by atoms with Crippen molar-refractivity contribution >= 4 is 11.6 Å². The van der Waals surface area contributed by atoms with Crippen LogP contribution in [0.3, 0.4) is 0 Å². The second-order valence-corrected chi connectivity index (χ2v) is 4.17. The summed E-state index contributed by atoms with van der Waals surface area (Å²) < 4.78 is 5.53. The van der Waals surface area contributed by atoms with Crippen molar-refractivity contribution in [3.05, 3.63) is 60.4 Å². The van der Waals surface area contributed by atoms with Crippen molar-refractivity contribution in [2.24, 2.45) is 0 Å². The molecule has 1 unspecified atom stereocenters. The molecule has 0 spiro atoms. The van der Waals surface area contributed by atoms with Crippen LogP contribution in [0.4, 0.5) is 5.69 Å². The van der Waals surface area contributed by atoms with Gasteiger partial charge in [0.2, 0.25) is 0 Å². The van der Waals surface area contributed by atoms with Crippen LogP contribution in [-0.2, 0) is 16.1 Å². The molecule has 4 nitrogen and oxygen atoms in total. The number of nitrogens with zero attached hydrogens (tertiary/aromatic N) is 1. The number of carbonyl (C=O) groups is 1. The van der Waals surface area contributed by atoms with Gasteiger partial charge in [0.15, 0.2) is 0 Å². The van der Waals surface area contributed by atoms with E-state index in [1.54, 1.807) is 31.5 Å². The number of benzene rings is 1. The van der Waals surface area contributed by atoms with E-state index >= 15 is 0 Å². The van der Waals surface area contributed by atoms with E-state index in [9.17, 15) is 4.79 Å². The lowest BCUT2D eigenvalue weighted by atomic mass is 10.2. The molecule has 1 N–H and O–H groups in total. The topological polar surface area (TPSA) is 51.2 Å². The third kappa shape index (κ3) is 4.19. The Bertz CT molecular complexity index is 514. The monoisotopic (exact) mass is 256 g/mol. The number of anilines is 1. The Kier molecular flexibility index (Phi) is 4.64. The summed E-state index contributed by atoms with van der Waals surface area (Å²) in [6.45, 7) is 2.15. The molecule has 1 amide bonds. The lowest BCUT2D eigenvalue weighted by Gasteiger charge is -2.13. The second kappa shape index (κ2) is 6.66. The Balaban J connectivity index is 1.83. The van der Waals surface area contributed by atoms with E-state index < -0.39 is 6.10 Å². The smallest absolute Gasteiger partial charge is 0.253 e. The molecule has 19 heavy (non-hydrogen) atoms. The third-order valence-electron chi connectivity index (χ3n) is 2.64. The second-order valence-electron chi connectivity index (χ2n) is 4.17. The Morgan fingerprint density at radius 2 is 2.05 bits per heavy atom. The highest BCUT2D eigenvalue weighted by Gasteiger charge is 2.13. The summed E-state index contributed by atoms with van der Waals surface area (Å²) in [6.07, 6.45) is 2.74. The van der Waals surface area contributed by atoms with Gasteiger partial charge in [-0.25, -0.2) is 0 Å². The standard InChI is InChI=1S/C15H16N2O2/c1-12(19-11-13-6-3-2-4-7-13)15(18)17-14-8-5-9-16-10-14/h2-10,12H,11H2,1H3,(H,17,18). The third-order valence-corrected chi connectivity index (χ3v) is 2.64. The van der Waals surface area contributed by atoms with Gasteiger partial charge in [-0.2, -0.15) is 0 Å². The first kappa shape index (κ1) is 13.2. The molecule has 0 aliphatic carbocycles. The molecule has 1 aromatic carbocycles. The minimum absolute atomic E-state index is 0.177. The number of rotatable bonds is 5. The highest BCUT2D eigenvalue weighted by atomic mass is 16.5. The lowest BCUT2D eigenvalue weighted by molar-refractivity contribution is -0.127. The Morgan fingerprint density at radius 1 is 1.26 bits per heavy atom. The number of ether oxygens (including phenoxy) is 1. The number of nitrogens with one attached hydrogen (secondary N) is 1. The largest absolute Gasteiger partial charge is 0.364 e. The van der Waals surface area contributed by atoms with Crippen LogP contribution in [0.5, 0.6) is 0 Å². The van der Waals surface area contributed by atoms with Gasteiger partial charge >= 0.3 is 0 Å². The van der Waals surface area contributed by atoms with Crippen molar-refractivity contribution < 1.29 is 9.53 Å². The molecule has 0 aliphatic heterocycles. The number of amides is 1. The molecule has 1 atom stereocenters. The van der Waals surface area contributed by atoms with Gasteiger partial charge < -0.3 is 10.1 Å². The number of pyridine rings is 1. The maximum atomic E-state index is 11.9. The minimum Gasteiger partial charge on any atom is -0.364 e. The van der Waals surface area contributed by atoms with Crippen molar-refractivity contribution in [3.8, 4) is 0 Å². The van der Waals surface area contributed by atoms with Crippen LogP contribution < -0.4 is 5.32 Å². The number of aromatic nitrogens is 1. The fourth-order valence-electron chi connectivity index (χ4n) is 1.55. The van der Waals surface area contributed by atoms with Crippen molar-refractivity contribution in [1.29, 1.82) is 0 Å². The summed E-state index contributed by atoms with van der Waals surface area (Å²) in [7, 11) is 0. The van der Waals surface area contributed by atoms with Crippen molar-refractivity contribution in [2.45, 2.75) is 19.6 Å². The highest BCUT2D eigenvalue weighted by molar-refractivity contribution is 5.93. The number of carbonyl (C=O) groups excluding carboxylic acids is 1. The molecular weight excluding hydrogens is 240 g/mol. The quantitative estimate of drug-likeness (QED) is 0.894.